The molecule has 1 heterocycles. The van der Waals surface area contributed by atoms with Crippen LogP contribution >= 0.6 is 11.6 Å². The lowest BCUT2D eigenvalue weighted by atomic mass is 10.1. The lowest BCUT2D eigenvalue weighted by Gasteiger charge is -2.11. The molecule has 6 heteroatoms. The van der Waals surface area contributed by atoms with Crippen molar-refractivity contribution in [3.05, 3.63) is 29.0 Å². The Morgan fingerprint density at radius 3 is 2.70 bits per heavy atom. The summed E-state index contributed by atoms with van der Waals surface area (Å²) in [7, 11) is 0. The van der Waals surface area contributed by atoms with Crippen molar-refractivity contribution in [3.8, 4) is 0 Å². The van der Waals surface area contributed by atoms with Crippen LogP contribution in [0, 0.1) is 5.92 Å². The summed E-state index contributed by atoms with van der Waals surface area (Å²) in [6, 6.07) is 3.09. The van der Waals surface area contributed by atoms with Gasteiger partial charge < -0.3 is 10.6 Å². The number of carbonyl (C=O) groups excluding carboxylic acids is 2. The maximum absolute atomic E-state index is 11.8. The number of hydrogen-bond acceptors (Lipinski definition) is 3. The molecule has 0 saturated heterocycles. The van der Waals surface area contributed by atoms with Crippen molar-refractivity contribution in [2.45, 2.75) is 26.7 Å². The van der Waals surface area contributed by atoms with Crippen molar-refractivity contribution in [2.24, 2.45) is 5.92 Å². The van der Waals surface area contributed by atoms with Gasteiger partial charge in [0.05, 0.1) is 0 Å². The van der Waals surface area contributed by atoms with E-state index in [1.54, 1.807) is 6.07 Å². The maximum atomic E-state index is 11.8. The van der Waals surface area contributed by atoms with Gasteiger partial charge in [-0.15, -0.1) is 0 Å². The molecule has 0 aliphatic carbocycles. The Morgan fingerprint density at radius 1 is 1.35 bits per heavy atom. The van der Waals surface area contributed by atoms with E-state index in [2.05, 4.69) is 15.6 Å². The Hall–Kier alpha value is -1.62. The summed E-state index contributed by atoms with van der Waals surface area (Å²) in [5, 5.41) is 5.78. The number of hydrogen-bond donors (Lipinski definition) is 2. The predicted molar refractivity (Wildman–Crippen MR) is 78.7 cm³/mol. The Balaban J connectivity index is 2.27. The van der Waals surface area contributed by atoms with E-state index in [-0.39, 0.29) is 22.9 Å². The van der Waals surface area contributed by atoms with Crippen LogP contribution in [-0.2, 0) is 4.79 Å². The highest BCUT2D eigenvalue weighted by Crippen LogP contribution is 2.06. The van der Waals surface area contributed by atoms with Crippen LogP contribution in [0.1, 0.15) is 37.0 Å². The highest BCUT2D eigenvalue weighted by Gasteiger charge is 2.11. The molecule has 110 valence electrons. The van der Waals surface area contributed by atoms with E-state index in [4.69, 9.17) is 11.6 Å². The van der Waals surface area contributed by atoms with Crippen molar-refractivity contribution in [1.82, 2.24) is 15.6 Å². The molecule has 1 atom stereocenters. The standard InChI is InChI=1S/C14H20ClN3O2/c1-3-4-10(2)13(19)17-7-8-18-14(20)11-5-6-16-12(15)9-11/h5-6,9-10H,3-4,7-8H2,1-2H3,(H,17,19)(H,18,20)/t10-/m0/s1. The summed E-state index contributed by atoms with van der Waals surface area (Å²) < 4.78 is 0. The first-order valence-electron chi connectivity index (χ1n) is 6.72. The molecule has 1 aromatic heterocycles. The summed E-state index contributed by atoms with van der Waals surface area (Å²) in [5.41, 5.74) is 0.454. The number of rotatable bonds is 7. The molecule has 1 rings (SSSR count). The van der Waals surface area contributed by atoms with E-state index in [0.29, 0.717) is 18.7 Å². The van der Waals surface area contributed by atoms with Crippen molar-refractivity contribution in [2.75, 3.05) is 13.1 Å². The van der Waals surface area contributed by atoms with Gasteiger partial charge in [-0.2, -0.15) is 0 Å². The van der Waals surface area contributed by atoms with Crippen LogP contribution in [0.25, 0.3) is 0 Å². The van der Waals surface area contributed by atoms with Gasteiger partial charge in [-0.1, -0.05) is 31.9 Å². The number of nitrogens with one attached hydrogen (secondary N) is 2. The van der Waals surface area contributed by atoms with E-state index in [1.165, 1.54) is 12.3 Å². The zero-order valence-electron chi connectivity index (χ0n) is 11.8. The summed E-state index contributed by atoms with van der Waals surface area (Å²) in [6.07, 6.45) is 3.33. The smallest absolute Gasteiger partial charge is 0.251 e. The van der Waals surface area contributed by atoms with Gasteiger partial charge in [-0.05, 0) is 18.6 Å². The normalized spacial score (nSPS) is 11.8. The molecule has 0 aliphatic heterocycles. The molecule has 1 aromatic rings. The average Bonchev–Trinajstić information content (AvgIpc) is 2.43. The number of amides is 2. The first-order valence-corrected chi connectivity index (χ1v) is 7.09. The molecule has 0 radical (unpaired) electrons. The number of pyridine rings is 1. The number of nitrogens with zero attached hydrogens (tertiary/aromatic N) is 1. The van der Waals surface area contributed by atoms with Gasteiger partial charge in [-0.25, -0.2) is 4.98 Å². The van der Waals surface area contributed by atoms with E-state index in [9.17, 15) is 9.59 Å². The molecular formula is C14H20ClN3O2. The Labute approximate surface area is 124 Å². The predicted octanol–water partition coefficient (Wildman–Crippen LogP) is 2.02. The highest BCUT2D eigenvalue weighted by molar-refractivity contribution is 6.29. The fraction of sp³-hybridized carbons (Fsp3) is 0.500. The lowest BCUT2D eigenvalue weighted by molar-refractivity contribution is -0.124. The largest absolute Gasteiger partial charge is 0.354 e. The molecule has 5 nitrogen and oxygen atoms in total. The van der Waals surface area contributed by atoms with Crippen LogP contribution in [0.2, 0.25) is 5.15 Å². The molecular weight excluding hydrogens is 278 g/mol. The highest BCUT2D eigenvalue weighted by atomic mass is 35.5. The lowest BCUT2D eigenvalue weighted by Crippen LogP contribution is -2.37. The molecule has 20 heavy (non-hydrogen) atoms. The fourth-order valence-corrected chi connectivity index (χ4v) is 1.92. The van der Waals surface area contributed by atoms with Gasteiger partial charge in [0.15, 0.2) is 0 Å². The minimum Gasteiger partial charge on any atom is -0.354 e. The van der Waals surface area contributed by atoms with Crippen molar-refractivity contribution in [3.63, 3.8) is 0 Å². The molecule has 0 fully saturated rings. The van der Waals surface area contributed by atoms with Crippen LogP contribution < -0.4 is 10.6 Å². The SMILES string of the molecule is CCC[C@H](C)C(=O)NCCNC(=O)c1ccnc(Cl)c1. The third-order valence-electron chi connectivity index (χ3n) is 2.87. The monoisotopic (exact) mass is 297 g/mol. The van der Waals surface area contributed by atoms with E-state index < -0.39 is 0 Å². The van der Waals surface area contributed by atoms with Crippen molar-refractivity contribution in [1.29, 1.82) is 0 Å². The van der Waals surface area contributed by atoms with E-state index in [1.807, 2.05) is 13.8 Å². The summed E-state index contributed by atoms with van der Waals surface area (Å²) in [6.45, 7) is 4.74. The Morgan fingerprint density at radius 2 is 2.05 bits per heavy atom. The molecule has 2 amide bonds. The maximum Gasteiger partial charge on any atom is 0.251 e. The summed E-state index contributed by atoms with van der Waals surface area (Å²) in [5.74, 6) is -0.201. The molecule has 2 N–H and O–H groups in total. The third kappa shape index (κ3) is 5.57. The van der Waals surface area contributed by atoms with Gasteiger partial charge >= 0.3 is 0 Å². The fourth-order valence-electron chi connectivity index (χ4n) is 1.75. The van der Waals surface area contributed by atoms with Crippen LogP contribution in [0.4, 0.5) is 0 Å². The zero-order valence-corrected chi connectivity index (χ0v) is 12.5. The quantitative estimate of drug-likeness (QED) is 0.597. The van der Waals surface area contributed by atoms with Crippen molar-refractivity contribution < 1.29 is 9.59 Å². The number of aromatic nitrogens is 1. The molecule has 0 spiro atoms. The van der Waals surface area contributed by atoms with E-state index in [0.717, 1.165) is 12.8 Å². The average molecular weight is 298 g/mol. The first-order chi connectivity index (χ1) is 9.54. The second-order valence-corrected chi connectivity index (χ2v) is 4.99. The van der Waals surface area contributed by atoms with Crippen LogP contribution in [0.5, 0.6) is 0 Å². The second kappa shape index (κ2) is 8.53. The van der Waals surface area contributed by atoms with Gasteiger partial charge in [0.2, 0.25) is 5.91 Å². The minimum absolute atomic E-state index is 0.00899. The van der Waals surface area contributed by atoms with E-state index >= 15 is 0 Å². The third-order valence-corrected chi connectivity index (χ3v) is 3.07. The van der Waals surface area contributed by atoms with Gasteiger partial charge in [-0.3, -0.25) is 9.59 Å². The van der Waals surface area contributed by atoms with Gasteiger partial charge in [0, 0.05) is 30.8 Å². The molecule has 0 aromatic carbocycles. The first kappa shape index (κ1) is 16.4. The topological polar surface area (TPSA) is 71.1 Å². The Kier molecular flexibility index (Phi) is 7.01. The molecule has 0 unspecified atom stereocenters. The van der Waals surface area contributed by atoms with Crippen LogP contribution in [0.3, 0.4) is 0 Å². The molecule has 0 bridgehead atoms. The molecule has 0 aliphatic rings. The molecule has 0 saturated carbocycles. The van der Waals surface area contributed by atoms with Crippen LogP contribution in [-0.4, -0.2) is 29.9 Å². The second-order valence-electron chi connectivity index (χ2n) is 4.60. The summed E-state index contributed by atoms with van der Waals surface area (Å²) >= 11 is 5.71. The van der Waals surface area contributed by atoms with Gasteiger partial charge in [0.1, 0.15) is 5.15 Å². The van der Waals surface area contributed by atoms with Crippen molar-refractivity contribution >= 4 is 23.4 Å². The number of halogens is 1. The summed E-state index contributed by atoms with van der Waals surface area (Å²) in [4.78, 5) is 27.2. The van der Waals surface area contributed by atoms with Crippen LogP contribution in [0.15, 0.2) is 18.3 Å². The zero-order chi connectivity index (χ0) is 15.0. The van der Waals surface area contributed by atoms with Gasteiger partial charge in [0.25, 0.3) is 5.91 Å². The Bertz CT molecular complexity index is 465. The minimum atomic E-state index is -0.231. The number of carbonyl (C=O) groups is 2.